The monoisotopic (exact) mass is 366 g/mol. The molecule has 138 valence electrons. The van der Waals surface area contributed by atoms with Gasteiger partial charge in [0.05, 0.1) is 6.10 Å². The molecule has 0 spiro atoms. The van der Waals surface area contributed by atoms with E-state index in [0.717, 1.165) is 32.0 Å². The van der Waals surface area contributed by atoms with Gasteiger partial charge in [-0.15, -0.1) is 0 Å². The van der Waals surface area contributed by atoms with Crippen LogP contribution in [0, 0.1) is 5.92 Å². The van der Waals surface area contributed by atoms with Gasteiger partial charge in [-0.3, -0.25) is 0 Å². The highest BCUT2D eigenvalue weighted by Crippen LogP contribution is 2.40. The molecular formula is C23H30O2Si. The second-order valence-electron chi connectivity index (χ2n) is 8.40. The maximum absolute atomic E-state index is 11.7. The van der Waals surface area contributed by atoms with Gasteiger partial charge in [-0.2, -0.15) is 0 Å². The molecular weight excluding hydrogens is 336 g/mol. The summed E-state index contributed by atoms with van der Waals surface area (Å²) >= 11 is 0. The first kappa shape index (κ1) is 19.1. The van der Waals surface area contributed by atoms with Gasteiger partial charge in [-0.05, 0) is 28.3 Å². The molecule has 1 aliphatic rings. The number of rotatable bonds is 5. The summed E-state index contributed by atoms with van der Waals surface area (Å²) in [5, 5.41) is 2.53. The molecule has 3 heteroatoms. The number of benzene rings is 2. The van der Waals surface area contributed by atoms with Crippen LogP contribution in [0.1, 0.15) is 46.5 Å². The molecule has 0 N–H and O–H groups in total. The van der Waals surface area contributed by atoms with Crippen LogP contribution in [0.5, 0.6) is 0 Å². The molecule has 0 radical (unpaired) electrons. The number of carbonyl (C=O) groups is 1. The Hall–Kier alpha value is -1.71. The number of hydrogen-bond acceptors (Lipinski definition) is 2. The molecule has 1 saturated carbocycles. The number of carbonyl (C=O) groups excluding carboxylic acids is 1. The Labute approximate surface area is 158 Å². The zero-order valence-corrected chi connectivity index (χ0v) is 17.2. The van der Waals surface area contributed by atoms with E-state index < -0.39 is 8.32 Å². The second kappa shape index (κ2) is 7.89. The quantitative estimate of drug-likeness (QED) is 0.582. The van der Waals surface area contributed by atoms with Crippen LogP contribution >= 0.6 is 0 Å². The number of aldehydes is 1. The van der Waals surface area contributed by atoms with Crippen LogP contribution in [0.4, 0.5) is 0 Å². The summed E-state index contributed by atoms with van der Waals surface area (Å²) in [4.78, 5) is 11.7. The van der Waals surface area contributed by atoms with Gasteiger partial charge in [-0.1, -0.05) is 94.3 Å². The maximum Gasteiger partial charge on any atom is 0.261 e. The number of hydrogen-bond donors (Lipinski definition) is 0. The molecule has 0 unspecified atom stereocenters. The molecule has 2 atom stereocenters. The van der Waals surface area contributed by atoms with Crippen molar-refractivity contribution in [1.29, 1.82) is 0 Å². The van der Waals surface area contributed by atoms with Crippen LogP contribution in [-0.2, 0) is 9.22 Å². The minimum absolute atomic E-state index is 0.0189. The van der Waals surface area contributed by atoms with Gasteiger partial charge >= 0.3 is 0 Å². The third kappa shape index (κ3) is 3.56. The van der Waals surface area contributed by atoms with E-state index in [0.29, 0.717) is 0 Å². The Kier molecular flexibility index (Phi) is 5.78. The van der Waals surface area contributed by atoms with Crippen LogP contribution in [0.3, 0.4) is 0 Å². The predicted molar refractivity (Wildman–Crippen MR) is 111 cm³/mol. The Morgan fingerprint density at radius 3 is 1.85 bits per heavy atom. The molecule has 2 aromatic rings. The van der Waals surface area contributed by atoms with E-state index in [4.69, 9.17) is 4.43 Å². The molecule has 0 bridgehead atoms. The van der Waals surface area contributed by atoms with E-state index in [1.807, 2.05) is 0 Å². The van der Waals surface area contributed by atoms with Crippen molar-refractivity contribution in [2.24, 2.45) is 5.92 Å². The lowest BCUT2D eigenvalue weighted by molar-refractivity contribution is -0.115. The van der Waals surface area contributed by atoms with Crippen LogP contribution in [0.15, 0.2) is 60.7 Å². The van der Waals surface area contributed by atoms with Crippen molar-refractivity contribution < 1.29 is 9.22 Å². The summed E-state index contributed by atoms with van der Waals surface area (Å²) < 4.78 is 7.13. The standard InChI is InChI=1S/C23H30O2Si/c1-23(2,3)26(20-13-6-4-7-14-20,21-15-8-5-9-16-21)25-22-17-11-10-12-19(22)18-24/h4-9,13-16,18-19,22H,10-12,17H2,1-3H3/t19-,22+/m0/s1. The van der Waals surface area contributed by atoms with Crippen LogP contribution < -0.4 is 10.4 Å². The first-order valence-electron chi connectivity index (χ1n) is 9.73. The molecule has 26 heavy (non-hydrogen) atoms. The SMILES string of the molecule is CC(C)(C)[Si](O[C@@H]1CCCC[C@H]1C=O)(c1ccccc1)c1ccccc1. The van der Waals surface area contributed by atoms with Crippen molar-refractivity contribution in [3.05, 3.63) is 60.7 Å². The zero-order chi connectivity index (χ0) is 18.6. The third-order valence-electron chi connectivity index (χ3n) is 5.67. The van der Waals surface area contributed by atoms with E-state index >= 15 is 0 Å². The fourth-order valence-electron chi connectivity index (χ4n) is 4.35. The van der Waals surface area contributed by atoms with Gasteiger partial charge in [0.15, 0.2) is 0 Å². The van der Waals surface area contributed by atoms with Crippen LogP contribution in [0.2, 0.25) is 5.04 Å². The van der Waals surface area contributed by atoms with Gasteiger partial charge in [0.25, 0.3) is 8.32 Å². The van der Waals surface area contributed by atoms with E-state index in [2.05, 4.69) is 81.4 Å². The second-order valence-corrected chi connectivity index (χ2v) is 12.7. The van der Waals surface area contributed by atoms with E-state index in [1.165, 1.54) is 10.4 Å². The van der Waals surface area contributed by atoms with Gasteiger partial charge in [-0.25, -0.2) is 0 Å². The first-order chi connectivity index (χ1) is 12.5. The van der Waals surface area contributed by atoms with Crippen LogP contribution in [0.25, 0.3) is 0 Å². The van der Waals surface area contributed by atoms with Crippen molar-refractivity contribution in [2.45, 2.75) is 57.6 Å². The minimum atomic E-state index is -2.55. The topological polar surface area (TPSA) is 26.3 Å². The van der Waals surface area contributed by atoms with Gasteiger partial charge in [0, 0.05) is 5.92 Å². The average molecular weight is 367 g/mol. The van der Waals surface area contributed by atoms with Gasteiger partial charge in [0.1, 0.15) is 6.29 Å². The van der Waals surface area contributed by atoms with Crippen molar-refractivity contribution in [2.75, 3.05) is 0 Å². The molecule has 0 aromatic heterocycles. The molecule has 2 aromatic carbocycles. The molecule has 3 rings (SSSR count). The molecule has 2 nitrogen and oxygen atoms in total. The fraction of sp³-hybridized carbons (Fsp3) is 0.435. The Morgan fingerprint density at radius 1 is 0.885 bits per heavy atom. The summed E-state index contributed by atoms with van der Waals surface area (Å²) in [5.74, 6) is 0.0189. The normalized spacial score (nSPS) is 21.3. The molecule has 1 fully saturated rings. The summed E-state index contributed by atoms with van der Waals surface area (Å²) in [6, 6.07) is 21.4. The van der Waals surface area contributed by atoms with E-state index in [9.17, 15) is 4.79 Å². The zero-order valence-electron chi connectivity index (χ0n) is 16.2. The van der Waals surface area contributed by atoms with E-state index in [1.54, 1.807) is 0 Å². The smallest absolute Gasteiger partial charge is 0.261 e. The minimum Gasteiger partial charge on any atom is -0.404 e. The lowest BCUT2D eigenvalue weighted by Gasteiger charge is -2.46. The molecule has 0 aliphatic heterocycles. The summed E-state index contributed by atoms with van der Waals surface area (Å²) in [6.45, 7) is 6.87. The average Bonchev–Trinajstić information content (AvgIpc) is 2.67. The highest BCUT2D eigenvalue weighted by Gasteiger charge is 2.52. The molecule has 0 saturated heterocycles. The highest BCUT2D eigenvalue weighted by atomic mass is 28.4. The lowest BCUT2D eigenvalue weighted by atomic mass is 9.88. The molecule has 0 amide bonds. The molecule has 1 aliphatic carbocycles. The van der Waals surface area contributed by atoms with Gasteiger partial charge < -0.3 is 9.22 Å². The maximum atomic E-state index is 11.7. The first-order valence-corrected chi connectivity index (χ1v) is 11.6. The lowest BCUT2D eigenvalue weighted by Crippen LogP contribution is -2.68. The van der Waals surface area contributed by atoms with Gasteiger partial charge in [0.2, 0.25) is 0 Å². The van der Waals surface area contributed by atoms with E-state index in [-0.39, 0.29) is 17.1 Å². The Morgan fingerprint density at radius 2 is 1.38 bits per heavy atom. The Balaban J connectivity index is 2.16. The predicted octanol–water partition coefficient (Wildman–Crippen LogP) is 4.32. The van der Waals surface area contributed by atoms with Crippen molar-refractivity contribution in [3.63, 3.8) is 0 Å². The van der Waals surface area contributed by atoms with Crippen molar-refractivity contribution in [1.82, 2.24) is 0 Å². The largest absolute Gasteiger partial charge is 0.404 e. The van der Waals surface area contributed by atoms with Crippen molar-refractivity contribution >= 4 is 25.0 Å². The highest BCUT2D eigenvalue weighted by molar-refractivity contribution is 6.99. The summed E-state index contributed by atoms with van der Waals surface area (Å²) in [5.41, 5.74) is 0. The van der Waals surface area contributed by atoms with Crippen LogP contribution in [-0.4, -0.2) is 20.7 Å². The summed E-state index contributed by atoms with van der Waals surface area (Å²) in [7, 11) is -2.55. The molecule has 0 heterocycles. The third-order valence-corrected chi connectivity index (χ3v) is 10.7. The van der Waals surface area contributed by atoms with Crippen molar-refractivity contribution in [3.8, 4) is 0 Å². The summed E-state index contributed by atoms with van der Waals surface area (Å²) in [6.07, 6.45) is 5.35. The fourth-order valence-corrected chi connectivity index (χ4v) is 9.11. The Bertz CT molecular complexity index is 666.